The second-order valence-electron chi connectivity index (χ2n) is 7.89. The number of rotatable bonds is 6. The van der Waals surface area contributed by atoms with E-state index in [0.717, 1.165) is 10.5 Å². The summed E-state index contributed by atoms with van der Waals surface area (Å²) in [5.41, 5.74) is 0.125. The molecular formula is C22H29NO7. The molecule has 0 spiro atoms. The summed E-state index contributed by atoms with van der Waals surface area (Å²) in [6.45, 7) is 7.93. The first-order valence-electron chi connectivity index (χ1n) is 9.72. The number of carbonyl (C=O) groups excluding carboxylic acids is 3. The number of hydrogen-bond donors (Lipinski definition) is 0. The molecule has 1 heterocycles. The van der Waals surface area contributed by atoms with Crippen molar-refractivity contribution in [3.05, 3.63) is 48.7 Å². The Bertz CT molecular complexity index is 729. The predicted molar refractivity (Wildman–Crippen MR) is 108 cm³/mol. The van der Waals surface area contributed by atoms with Crippen molar-refractivity contribution in [1.29, 1.82) is 0 Å². The topological polar surface area (TPSA) is 91.4 Å². The fourth-order valence-corrected chi connectivity index (χ4v) is 2.79. The lowest BCUT2D eigenvalue weighted by atomic mass is 10.0. The number of imide groups is 1. The van der Waals surface area contributed by atoms with Crippen LogP contribution in [-0.2, 0) is 35.1 Å². The van der Waals surface area contributed by atoms with Gasteiger partial charge in [0.05, 0.1) is 18.8 Å². The smallest absolute Gasteiger partial charge is 0.417 e. The third kappa shape index (κ3) is 7.42. The van der Waals surface area contributed by atoms with E-state index in [1.807, 2.05) is 30.3 Å². The largest absolute Gasteiger partial charge is 0.463 e. The summed E-state index contributed by atoms with van der Waals surface area (Å²) in [5, 5.41) is 0. The van der Waals surface area contributed by atoms with Crippen molar-refractivity contribution in [2.24, 2.45) is 0 Å². The molecule has 3 unspecified atom stereocenters. The van der Waals surface area contributed by atoms with Gasteiger partial charge in [0.25, 0.3) is 0 Å². The SMILES string of the molecule is CC(=O)OCC1[CH][CH]C(N(C(C)=O)C(=O)OC(C)(C)C)C(OCc2ccccc2)O1. The molecule has 1 aromatic carbocycles. The Labute approximate surface area is 177 Å². The molecule has 8 heteroatoms. The van der Waals surface area contributed by atoms with Crippen molar-refractivity contribution in [2.75, 3.05) is 6.61 Å². The van der Waals surface area contributed by atoms with Crippen LogP contribution in [0.3, 0.4) is 0 Å². The molecule has 2 radical (unpaired) electrons. The number of ether oxygens (including phenoxy) is 4. The van der Waals surface area contributed by atoms with Gasteiger partial charge in [0.1, 0.15) is 12.2 Å². The molecular weight excluding hydrogens is 390 g/mol. The first-order chi connectivity index (χ1) is 14.1. The van der Waals surface area contributed by atoms with Crippen molar-refractivity contribution in [3.8, 4) is 0 Å². The van der Waals surface area contributed by atoms with Crippen molar-refractivity contribution < 1.29 is 33.3 Å². The Morgan fingerprint density at radius 3 is 2.30 bits per heavy atom. The van der Waals surface area contributed by atoms with Crippen LogP contribution >= 0.6 is 0 Å². The van der Waals surface area contributed by atoms with Gasteiger partial charge in [-0.25, -0.2) is 9.69 Å². The number of hydrogen-bond acceptors (Lipinski definition) is 7. The number of carbonyl (C=O) groups is 3. The van der Waals surface area contributed by atoms with Gasteiger partial charge in [0, 0.05) is 13.8 Å². The molecule has 1 aliphatic heterocycles. The molecule has 0 N–H and O–H groups in total. The molecule has 0 aromatic heterocycles. The Morgan fingerprint density at radius 1 is 1.07 bits per heavy atom. The molecule has 1 aliphatic rings. The van der Waals surface area contributed by atoms with Crippen molar-refractivity contribution in [2.45, 2.75) is 65.3 Å². The molecule has 2 rings (SSSR count). The van der Waals surface area contributed by atoms with E-state index in [4.69, 9.17) is 18.9 Å². The zero-order valence-corrected chi connectivity index (χ0v) is 18.0. The normalized spacial score (nSPS) is 21.6. The minimum Gasteiger partial charge on any atom is -0.463 e. The molecule has 0 saturated carbocycles. The van der Waals surface area contributed by atoms with E-state index in [1.54, 1.807) is 33.6 Å². The number of esters is 1. The van der Waals surface area contributed by atoms with Gasteiger partial charge in [-0.3, -0.25) is 9.59 Å². The van der Waals surface area contributed by atoms with Gasteiger partial charge in [0.15, 0.2) is 6.29 Å². The van der Waals surface area contributed by atoms with Crippen LogP contribution in [0, 0.1) is 12.8 Å². The molecule has 2 amide bonds. The highest BCUT2D eigenvalue weighted by molar-refractivity contribution is 5.91. The van der Waals surface area contributed by atoms with Gasteiger partial charge in [-0.2, -0.15) is 0 Å². The van der Waals surface area contributed by atoms with Crippen LogP contribution in [0.5, 0.6) is 0 Å². The van der Waals surface area contributed by atoms with Gasteiger partial charge < -0.3 is 18.9 Å². The van der Waals surface area contributed by atoms with Crippen LogP contribution in [0.25, 0.3) is 0 Å². The molecule has 3 atom stereocenters. The van der Waals surface area contributed by atoms with Crippen LogP contribution in [0.15, 0.2) is 30.3 Å². The fraction of sp³-hybridized carbons (Fsp3) is 0.500. The van der Waals surface area contributed by atoms with Crippen LogP contribution in [0.2, 0.25) is 0 Å². The third-order valence-corrected chi connectivity index (χ3v) is 4.05. The molecule has 1 fully saturated rings. The van der Waals surface area contributed by atoms with Crippen LogP contribution in [-0.4, -0.2) is 53.5 Å². The second-order valence-corrected chi connectivity index (χ2v) is 7.89. The lowest BCUT2D eigenvalue weighted by Gasteiger charge is -2.40. The van der Waals surface area contributed by atoms with E-state index < -0.39 is 42.0 Å². The summed E-state index contributed by atoms with van der Waals surface area (Å²) in [6.07, 6.45) is 0.945. The van der Waals surface area contributed by atoms with Crippen molar-refractivity contribution in [3.63, 3.8) is 0 Å². The molecule has 0 aliphatic carbocycles. The molecule has 8 nitrogen and oxygen atoms in total. The zero-order valence-electron chi connectivity index (χ0n) is 18.0. The summed E-state index contributed by atoms with van der Waals surface area (Å²) in [5.74, 6) is -0.941. The van der Waals surface area contributed by atoms with Gasteiger partial charge in [0.2, 0.25) is 5.91 Å². The molecule has 0 bridgehead atoms. The lowest BCUT2D eigenvalue weighted by Crippen LogP contribution is -2.56. The van der Waals surface area contributed by atoms with Gasteiger partial charge in [-0.15, -0.1) is 0 Å². The molecule has 164 valence electrons. The number of benzene rings is 1. The van der Waals surface area contributed by atoms with E-state index in [-0.39, 0.29) is 13.2 Å². The van der Waals surface area contributed by atoms with Crippen LogP contribution < -0.4 is 0 Å². The highest BCUT2D eigenvalue weighted by Crippen LogP contribution is 2.26. The summed E-state index contributed by atoms with van der Waals surface area (Å²) >= 11 is 0. The average molecular weight is 419 g/mol. The summed E-state index contributed by atoms with van der Waals surface area (Å²) < 4.78 is 22.2. The van der Waals surface area contributed by atoms with Gasteiger partial charge >= 0.3 is 12.1 Å². The summed E-state index contributed by atoms with van der Waals surface area (Å²) in [4.78, 5) is 37.1. The second kappa shape index (κ2) is 10.5. The minimum atomic E-state index is -0.966. The summed E-state index contributed by atoms with van der Waals surface area (Å²) in [7, 11) is 0. The monoisotopic (exact) mass is 419 g/mol. The quantitative estimate of drug-likeness (QED) is 0.655. The zero-order chi connectivity index (χ0) is 22.3. The highest BCUT2D eigenvalue weighted by Gasteiger charge is 2.42. The summed E-state index contributed by atoms with van der Waals surface area (Å²) in [6, 6.07) is 8.59. The van der Waals surface area contributed by atoms with E-state index in [1.165, 1.54) is 13.8 Å². The van der Waals surface area contributed by atoms with Gasteiger partial charge in [-0.1, -0.05) is 30.3 Å². The maximum atomic E-state index is 12.7. The van der Waals surface area contributed by atoms with Crippen LogP contribution in [0.4, 0.5) is 4.79 Å². The standard InChI is InChI=1S/C22H29NO7/c1-15(24)23(21(26)30-22(3,4)5)19-12-11-18(14-27-16(2)25)29-20(19)28-13-17-9-7-6-8-10-17/h6-12,18-20H,13-14H2,1-5H3. The van der Waals surface area contributed by atoms with E-state index >= 15 is 0 Å². The van der Waals surface area contributed by atoms with Gasteiger partial charge in [-0.05, 0) is 39.2 Å². The first-order valence-corrected chi connectivity index (χ1v) is 9.72. The Balaban J connectivity index is 2.18. The highest BCUT2D eigenvalue weighted by atomic mass is 16.7. The molecule has 1 saturated heterocycles. The van der Waals surface area contributed by atoms with Crippen LogP contribution in [0.1, 0.15) is 40.2 Å². The minimum absolute atomic E-state index is 0.00371. The maximum absolute atomic E-state index is 12.7. The average Bonchev–Trinajstić information content (AvgIpc) is 2.65. The number of amides is 2. The lowest BCUT2D eigenvalue weighted by molar-refractivity contribution is -0.213. The predicted octanol–water partition coefficient (Wildman–Crippen LogP) is 3.05. The molecule has 1 aromatic rings. The fourth-order valence-electron chi connectivity index (χ4n) is 2.79. The Morgan fingerprint density at radius 2 is 1.73 bits per heavy atom. The maximum Gasteiger partial charge on any atom is 0.417 e. The van der Waals surface area contributed by atoms with Crippen molar-refractivity contribution in [1.82, 2.24) is 4.90 Å². The Kier molecular flexibility index (Phi) is 8.37. The van der Waals surface area contributed by atoms with Crippen molar-refractivity contribution >= 4 is 18.0 Å². The Hall–Kier alpha value is -2.45. The molecule has 30 heavy (non-hydrogen) atoms. The van der Waals surface area contributed by atoms with E-state index in [0.29, 0.717) is 0 Å². The van der Waals surface area contributed by atoms with E-state index in [9.17, 15) is 14.4 Å². The third-order valence-electron chi connectivity index (χ3n) is 4.05. The van der Waals surface area contributed by atoms with E-state index in [2.05, 4.69) is 0 Å². The number of nitrogens with zero attached hydrogens (tertiary/aromatic N) is 1. The first kappa shape index (κ1) is 23.8.